The summed E-state index contributed by atoms with van der Waals surface area (Å²) in [6, 6.07) is 9.84. The summed E-state index contributed by atoms with van der Waals surface area (Å²) in [5.41, 5.74) is 1.41. The van der Waals surface area contributed by atoms with Crippen molar-refractivity contribution in [3.8, 4) is 28.7 Å². The van der Waals surface area contributed by atoms with Gasteiger partial charge in [-0.1, -0.05) is 6.07 Å². The van der Waals surface area contributed by atoms with Crippen LogP contribution in [0, 0.1) is 11.8 Å². The molecule has 16 heteroatoms. The first kappa shape index (κ1) is 31.6. The van der Waals surface area contributed by atoms with Crippen molar-refractivity contribution < 1.29 is 73.0 Å². The molecule has 1 aliphatic carbocycles. The van der Waals surface area contributed by atoms with Crippen molar-refractivity contribution in [1.82, 2.24) is 0 Å². The van der Waals surface area contributed by atoms with Gasteiger partial charge in [0.25, 0.3) is 0 Å². The van der Waals surface area contributed by atoms with Crippen LogP contribution in [0.2, 0.25) is 0 Å². The average Bonchev–Trinajstić information content (AvgIpc) is 3.81. The Balaban J connectivity index is 1.18. The molecule has 0 radical (unpaired) electrons. The number of carbonyl (C=O) groups excluding carboxylic acids is 1. The Morgan fingerprint density at radius 1 is 0.938 bits per heavy atom. The van der Waals surface area contributed by atoms with Gasteiger partial charge in [-0.25, -0.2) is 0 Å². The number of esters is 1. The number of hydrogen-bond acceptors (Lipinski definition) is 16. The number of aliphatic hydroxyl groups excluding tert-OH is 2. The Labute approximate surface area is 276 Å². The van der Waals surface area contributed by atoms with E-state index in [9.17, 15) is 30.3 Å². The van der Waals surface area contributed by atoms with E-state index in [4.69, 9.17) is 42.6 Å². The maximum atomic E-state index is 13.5. The molecule has 5 heterocycles. The van der Waals surface area contributed by atoms with Crippen LogP contribution < -0.4 is 18.9 Å². The number of carbonyl (C=O) groups is 1. The zero-order valence-corrected chi connectivity index (χ0v) is 26.3. The zero-order chi connectivity index (χ0) is 33.5. The number of rotatable bonds is 6. The second-order valence-corrected chi connectivity index (χ2v) is 13.1. The van der Waals surface area contributed by atoms with Crippen LogP contribution in [0.1, 0.15) is 39.9 Å². The molecule has 1 aromatic heterocycles. The molecule has 4 aliphatic heterocycles. The summed E-state index contributed by atoms with van der Waals surface area (Å²) in [5.74, 6) is -2.92. The minimum Gasteiger partial charge on any atom is -0.502 e. The van der Waals surface area contributed by atoms with Gasteiger partial charge in [-0.15, -0.1) is 11.3 Å². The van der Waals surface area contributed by atoms with Gasteiger partial charge in [0.15, 0.2) is 35.6 Å². The van der Waals surface area contributed by atoms with Gasteiger partial charge >= 0.3 is 12.1 Å². The van der Waals surface area contributed by atoms with Gasteiger partial charge < -0.3 is 58.0 Å². The highest BCUT2D eigenvalue weighted by Crippen LogP contribution is 2.57. The number of ether oxygens (including phenoxy) is 9. The van der Waals surface area contributed by atoms with E-state index in [1.807, 2.05) is 17.5 Å². The minimum atomic E-state index is -2.94. The van der Waals surface area contributed by atoms with Crippen molar-refractivity contribution in [3.05, 3.63) is 63.3 Å². The lowest BCUT2D eigenvalue weighted by atomic mass is 9.66. The normalized spacial score (nSPS) is 34.5. The fraction of sp³-hybridized carbons (Fsp3) is 0.469. The summed E-state index contributed by atoms with van der Waals surface area (Å²) in [6.45, 7) is -0.0207. The third kappa shape index (κ3) is 5.07. The minimum absolute atomic E-state index is 0.0189. The molecular weight excluding hydrogens is 656 g/mol. The highest BCUT2D eigenvalue weighted by atomic mass is 32.1. The SMILES string of the molecule is COc1cc(C2c3cc4c(cc3C(OC3OC5COC(c6cccs6)OC5C(O)C3O)C3COC(=O)C23)OC(O)(O)O4)cc(OC)c1O. The molecule has 256 valence electrons. The number of thiophene rings is 1. The Bertz CT molecular complexity index is 1680. The number of benzene rings is 2. The first-order valence-electron chi connectivity index (χ1n) is 15.2. The quantitative estimate of drug-likeness (QED) is 0.184. The molecule has 3 fully saturated rings. The van der Waals surface area contributed by atoms with Crippen LogP contribution in [0.15, 0.2) is 41.8 Å². The summed E-state index contributed by atoms with van der Waals surface area (Å²) >= 11 is 1.43. The maximum Gasteiger partial charge on any atom is 0.505 e. The molecule has 0 saturated carbocycles. The second kappa shape index (κ2) is 11.7. The van der Waals surface area contributed by atoms with E-state index < -0.39 is 73.0 Å². The van der Waals surface area contributed by atoms with Crippen LogP contribution >= 0.6 is 11.3 Å². The predicted octanol–water partition coefficient (Wildman–Crippen LogP) is 1.39. The second-order valence-electron chi connectivity index (χ2n) is 12.1. The van der Waals surface area contributed by atoms with Crippen molar-refractivity contribution >= 4 is 17.3 Å². The summed E-state index contributed by atoms with van der Waals surface area (Å²) < 4.78 is 51.3. The van der Waals surface area contributed by atoms with Crippen LogP contribution in [-0.4, -0.2) is 95.8 Å². The van der Waals surface area contributed by atoms with Crippen molar-refractivity contribution in [2.75, 3.05) is 27.4 Å². The molecule has 48 heavy (non-hydrogen) atoms. The van der Waals surface area contributed by atoms with Crippen molar-refractivity contribution in [1.29, 1.82) is 0 Å². The number of hydrogen-bond donors (Lipinski definition) is 5. The highest BCUT2D eigenvalue weighted by molar-refractivity contribution is 7.10. The van der Waals surface area contributed by atoms with Crippen LogP contribution in [0.25, 0.3) is 0 Å². The number of aromatic hydroxyl groups is 1. The third-order valence-electron chi connectivity index (χ3n) is 9.43. The topological polar surface area (TPSA) is 201 Å². The van der Waals surface area contributed by atoms with Gasteiger partial charge in [0, 0.05) is 11.8 Å². The maximum absolute atomic E-state index is 13.5. The molecule has 10 unspecified atom stereocenters. The Hall–Kier alpha value is -3.71. The van der Waals surface area contributed by atoms with Gasteiger partial charge in [-0.3, -0.25) is 15.0 Å². The number of cyclic esters (lactones) is 1. The molecule has 3 saturated heterocycles. The predicted molar refractivity (Wildman–Crippen MR) is 158 cm³/mol. The summed E-state index contributed by atoms with van der Waals surface area (Å²) in [4.78, 5) is 14.3. The molecule has 5 N–H and O–H groups in total. The highest BCUT2D eigenvalue weighted by Gasteiger charge is 2.56. The van der Waals surface area contributed by atoms with Gasteiger partial charge in [-0.05, 0) is 52.4 Å². The smallest absolute Gasteiger partial charge is 0.502 e. The molecule has 5 aliphatic rings. The van der Waals surface area contributed by atoms with E-state index in [2.05, 4.69) is 0 Å². The van der Waals surface area contributed by atoms with E-state index in [-0.39, 0.29) is 42.0 Å². The summed E-state index contributed by atoms with van der Waals surface area (Å²) in [7, 11) is 2.76. The molecule has 2 aromatic carbocycles. The number of methoxy groups -OCH3 is 2. The molecule has 15 nitrogen and oxygen atoms in total. The van der Waals surface area contributed by atoms with Crippen molar-refractivity contribution in [3.63, 3.8) is 0 Å². The number of phenols is 1. The zero-order valence-electron chi connectivity index (χ0n) is 25.5. The number of aliphatic hydroxyl groups is 4. The van der Waals surface area contributed by atoms with E-state index in [0.717, 1.165) is 4.88 Å². The van der Waals surface area contributed by atoms with Crippen LogP contribution in [-0.2, 0) is 28.5 Å². The standard InChI is InChI=1S/C32H32O15S/c1-39-18-6-12(7-19(40-2)24(18)33)22-13-8-16-17(47-32(37,38)46-16)9-14(13)27(15-10-41-29(36)23(15)22)44-31-26(35)25(34)28-20(43-31)11-42-30(45-28)21-4-3-5-48-21/h3-9,15,20,22-23,25-28,30-31,33-35,37-38H,10-11H2,1-2H3. The van der Waals surface area contributed by atoms with E-state index in [0.29, 0.717) is 16.7 Å². The van der Waals surface area contributed by atoms with E-state index in [1.165, 1.54) is 37.7 Å². The third-order valence-corrected chi connectivity index (χ3v) is 10.3. The average molecular weight is 689 g/mol. The van der Waals surface area contributed by atoms with Crippen molar-refractivity contribution in [2.45, 2.75) is 55.2 Å². The molecular formula is C32H32O15S. The van der Waals surface area contributed by atoms with Crippen LogP contribution in [0.4, 0.5) is 0 Å². The van der Waals surface area contributed by atoms with E-state index in [1.54, 1.807) is 12.1 Å². The van der Waals surface area contributed by atoms with Crippen molar-refractivity contribution in [2.24, 2.45) is 11.8 Å². The van der Waals surface area contributed by atoms with Gasteiger partial charge in [0.1, 0.15) is 24.4 Å². The molecule has 0 bridgehead atoms. The van der Waals surface area contributed by atoms with Gasteiger partial charge in [0.05, 0.1) is 44.3 Å². The number of phenolic OH excluding ortho intramolecular Hbond substituents is 1. The molecule has 8 rings (SSSR count). The van der Waals surface area contributed by atoms with E-state index >= 15 is 0 Å². The Morgan fingerprint density at radius 2 is 1.65 bits per heavy atom. The van der Waals surface area contributed by atoms with Crippen LogP contribution in [0.5, 0.6) is 28.7 Å². The Kier molecular flexibility index (Phi) is 7.70. The molecule has 3 aromatic rings. The first-order valence-corrected chi connectivity index (χ1v) is 16.0. The lowest BCUT2D eigenvalue weighted by molar-refractivity contribution is -0.385. The summed E-state index contributed by atoms with van der Waals surface area (Å²) in [6.07, 6.45) is -10.8. The van der Waals surface area contributed by atoms with Gasteiger partial charge in [0.2, 0.25) is 5.75 Å². The first-order chi connectivity index (χ1) is 23.1. The monoisotopic (exact) mass is 688 g/mol. The van der Waals surface area contributed by atoms with Gasteiger partial charge in [-0.2, -0.15) is 0 Å². The molecule has 10 atom stereocenters. The largest absolute Gasteiger partial charge is 0.505 e. The fourth-order valence-corrected chi connectivity index (χ4v) is 7.97. The van der Waals surface area contributed by atoms with Crippen LogP contribution in [0.3, 0.4) is 0 Å². The number of fused-ring (bicyclic) bond motifs is 4. The fourth-order valence-electron chi connectivity index (χ4n) is 7.27. The lowest BCUT2D eigenvalue weighted by Crippen LogP contribution is -2.62. The molecule has 0 amide bonds. The summed E-state index contributed by atoms with van der Waals surface area (Å²) in [5, 5.41) is 55.2. The molecule has 0 spiro atoms. The lowest BCUT2D eigenvalue weighted by Gasteiger charge is -2.48. The Morgan fingerprint density at radius 3 is 2.31 bits per heavy atom.